The first-order valence-electron chi connectivity index (χ1n) is 8.98. The highest BCUT2D eigenvalue weighted by Gasteiger charge is 2.26. The van der Waals surface area contributed by atoms with Gasteiger partial charge in [-0.3, -0.25) is 4.79 Å². The molecule has 0 spiro atoms. The van der Waals surface area contributed by atoms with Crippen molar-refractivity contribution >= 4 is 16.9 Å². The fourth-order valence-corrected chi connectivity index (χ4v) is 3.67. The summed E-state index contributed by atoms with van der Waals surface area (Å²) < 4.78 is 5.10. The molecule has 2 N–H and O–H groups in total. The third-order valence-corrected chi connectivity index (χ3v) is 5.01. The van der Waals surface area contributed by atoms with Crippen LogP contribution in [0.3, 0.4) is 0 Å². The van der Waals surface area contributed by atoms with Crippen molar-refractivity contribution in [3.63, 3.8) is 0 Å². The van der Waals surface area contributed by atoms with Crippen LogP contribution < -0.4 is 10.1 Å². The summed E-state index contributed by atoms with van der Waals surface area (Å²) in [5, 5.41) is 3.16. The number of hydrogen-bond acceptors (Lipinski definition) is 4. The van der Waals surface area contributed by atoms with Gasteiger partial charge in [-0.25, -0.2) is 9.97 Å². The fourth-order valence-electron chi connectivity index (χ4n) is 3.67. The summed E-state index contributed by atoms with van der Waals surface area (Å²) in [6.07, 6.45) is 5.64. The number of pyridine rings is 1. The Hall–Kier alpha value is -2.89. The highest BCUT2D eigenvalue weighted by Crippen LogP contribution is 2.32. The van der Waals surface area contributed by atoms with Crippen LogP contribution in [-0.4, -0.2) is 34.0 Å². The van der Waals surface area contributed by atoms with Crippen molar-refractivity contribution in [1.29, 1.82) is 0 Å². The molecule has 2 aromatic heterocycles. The van der Waals surface area contributed by atoms with Crippen LogP contribution in [-0.2, 0) is 0 Å². The zero-order chi connectivity index (χ0) is 17.9. The lowest BCUT2D eigenvalue weighted by Gasteiger charge is -2.28. The molecule has 1 fully saturated rings. The summed E-state index contributed by atoms with van der Waals surface area (Å²) in [5.74, 6) is 1.73. The molecule has 4 rings (SSSR count). The maximum Gasteiger partial charge on any atom is 0.251 e. The number of methoxy groups -OCH3 is 1. The molecule has 1 aliphatic rings. The van der Waals surface area contributed by atoms with Crippen molar-refractivity contribution in [3.05, 3.63) is 54.0 Å². The summed E-state index contributed by atoms with van der Waals surface area (Å²) in [6, 6.07) is 11.6. The molecule has 6 nitrogen and oxygen atoms in total. The van der Waals surface area contributed by atoms with E-state index in [1.54, 1.807) is 25.4 Å². The van der Waals surface area contributed by atoms with Crippen molar-refractivity contribution < 1.29 is 9.53 Å². The molecule has 134 valence electrons. The third-order valence-electron chi connectivity index (χ3n) is 5.01. The first-order chi connectivity index (χ1) is 12.7. The molecule has 0 unspecified atom stereocenters. The van der Waals surface area contributed by atoms with Crippen LogP contribution in [0, 0.1) is 0 Å². The topological polar surface area (TPSA) is 79.9 Å². The third kappa shape index (κ3) is 3.40. The normalized spacial score (nSPS) is 20.0. The standard InChI is InChI=1S/C20H22N4O2/c1-26-18-12-14(9-10-21-18)20(25)22-15-6-4-5-13(11-15)19-23-16-7-2-3-8-17(16)24-19/h2-3,7-10,12-13,15H,4-6,11H2,1H3,(H,22,25)(H,23,24)/t13-,15+/m0/s1. The minimum Gasteiger partial charge on any atom is -0.481 e. The zero-order valence-electron chi connectivity index (χ0n) is 14.7. The van der Waals surface area contributed by atoms with Gasteiger partial charge in [0.25, 0.3) is 5.91 Å². The Kier molecular flexibility index (Phi) is 4.56. The molecule has 2 heterocycles. The number of fused-ring (bicyclic) bond motifs is 1. The summed E-state index contributed by atoms with van der Waals surface area (Å²) in [7, 11) is 1.54. The van der Waals surface area contributed by atoms with Gasteiger partial charge in [-0.05, 0) is 37.5 Å². The van der Waals surface area contributed by atoms with Crippen molar-refractivity contribution in [2.75, 3.05) is 7.11 Å². The maximum atomic E-state index is 12.5. The molecule has 6 heteroatoms. The van der Waals surface area contributed by atoms with E-state index >= 15 is 0 Å². The zero-order valence-corrected chi connectivity index (χ0v) is 14.7. The largest absolute Gasteiger partial charge is 0.481 e. The molecule has 0 aliphatic heterocycles. The van der Waals surface area contributed by atoms with Gasteiger partial charge in [0.1, 0.15) is 5.82 Å². The van der Waals surface area contributed by atoms with Crippen LogP contribution >= 0.6 is 0 Å². The number of rotatable bonds is 4. The lowest BCUT2D eigenvalue weighted by molar-refractivity contribution is 0.0924. The number of carbonyl (C=O) groups excluding carboxylic acids is 1. The van der Waals surface area contributed by atoms with Gasteiger partial charge in [0.05, 0.1) is 18.1 Å². The van der Waals surface area contributed by atoms with E-state index in [1.807, 2.05) is 24.3 Å². The van der Waals surface area contributed by atoms with Gasteiger partial charge in [0.15, 0.2) is 0 Å². The van der Waals surface area contributed by atoms with Gasteiger partial charge in [-0.2, -0.15) is 0 Å². The first kappa shape index (κ1) is 16.6. The number of ether oxygens (including phenoxy) is 1. The van der Waals surface area contributed by atoms with Crippen LogP contribution in [0.15, 0.2) is 42.6 Å². The number of aromatic amines is 1. The first-order valence-corrected chi connectivity index (χ1v) is 8.98. The number of amides is 1. The Labute approximate surface area is 152 Å². The summed E-state index contributed by atoms with van der Waals surface area (Å²) >= 11 is 0. The van der Waals surface area contributed by atoms with Gasteiger partial charge in [0.2, 0.25) is 5.88 Å². The van der Waals surface area contributed by atoms with Crippen molar-refractivity contribution in [2.24, 2.45) is 0 Å². The predicted octanol–water partition coefficient (Wildman–Crippen LogP) is 3.42. The predicted molar refractivity (Wildman–Crippen MR) is 99.3 cm³/mol. The number of aromatic nitrogens is 3. The van der Waals surface area contributed by atoms with E-state index in [0.29, 0.717) is 17.4 Å². The van der Waals surface area contributed by atoms with E-state index in [-0.39, 0.29) is 11.9 Å². The SMILES string of the molecule is COc1cc(C(=O)N[C@@H]2CCC[C@H](c3nc4ccccc4[nH]3)C2)ccn1. The Morgan fingerprint density at radius 1 is 1.27 bits per heavy atom. The van der Waals surface area contributed by atoms with E-state index in [2.05, 4.69) is 15.3 Å². The highest BCUT2D eigenvalue weighted by molar-refractivity contribution is 5.94. The second-order valence-electron chi connectivity index (χ2n) is 6.76. The Morgan fingerprint density at radius 2 is 2.15 bits per heavy atom. The molecule has 0 radical (unpaired) electrons. The van der Waals surface area contributed by atoms with E-state index in [9.17, 15) is 4.79 Å². The lowest BCUT2D eigenvalue weighted by atomic mass is 9.85. The van der Waals surface area contributed by atoms with Crippen molar-refractivity contribution in [3.8, 4) is 5.88 Å². The van der Waals surface area contributed by atoms with Crippen LogP contribution in [0.5, 0.6) is 5.88 Å². The number of para-hydroxylation sites is 2. The van der Waals surface area contributed by atoms with Gasteiger partial charge in [-0.15, -0.1) is 0 Å². The highest BCUT2D eigenvalue weighted by atomic mass is 16.5. The Bertz CT molecular complexity index is 888. The fraction of sp³-hybridized carbons (Fsp3) is 0.350. The van der Waals surface area contributed by atoms with Gasteiger partial charge in [0, 0.05) is 29.8 Å². The van der Waals surface area contributed by atoms with Gasteiger partial charge in [-0.1, -0.05) is 18.6 Å². The average molecular weight is 350 g/mol. The molecule has 0 saturated heterocycles. The van der Waals surface area contributed by atoms with Crippen molar-refractivity contribution in [1.82, 2.24) is 20.3 Å². The van der Waals surface area contributed by atoms with Crippen molar-refractivity contribution in [2.45, 2.75) is 37.6 Å². The average Bonchev–Trinajstić information content (AvgIpc) is 3.12. The molecule has 1 amide bonds. The van der Waals surface area contributed by atoms with E-state index in [1.165, 1.54) is 0 Å². The van der Waals surface area contributed by atoms with Crippen LogP contribution in [0.2, 0.25) is 0 Å². The van der Waals surface area contributed by atoms with Gasteiger partial charge < -0.3 is 15.0 Å². The second kappa shape index (κ2) is 7.15. The minimum atomic E-state index is -0.0824. The molecule has 3 aromatic rings. The molecule has 1 aliphatic carbocycles. The number of benzene rings is 1. The number of carbonyl (C=O) groups is 1. The van der Waals surface area contributed by atoms with E-state index < -0.39 is 0 Å². The number of H-pyrrole nitrogens is 1. The number of nitrogens with zero attached hydrogens (tertiary/aromatic N) is 2. The van der Waals surface area contributed by atoms with Crippen LogP contribution in [0.25, 0.3) is 11.0 Å². The molecule has 1 aromatic carbocycles. The number of imidazole rings is 1. The molecular formula is C20H22N4O2. The molecule has 1 saturated carbocycles. The lowest BCUT2D eigenvalue weighted by Crippen LogP contribution is -2.38. The quantitative estimate of drug-likeness (QED) is 0.755. The van der Waals surface area contributed by atoms with Crippen LogP contribution in [0.1, 0.15) is 47.8 Å². The summed E-state index contributed by atoms with van der Waals surface area (Å²) in [5.41, 5.74) is 2.64. The number of hydrogen-bond donors (Lipinski definition) is 2. The van der Waals surface area contributed by atoms with Crippen LogP contribution in [0.4, 0.5) is 0 Å². The summed E-state index contributed by atoms with van der Waals surface area (Å²) in [6.45, 7) is 0. The Morgan fingerprint density at radius 3 is 3.00 bits per heavy atom. The molecule has 0 bridgehead atoms. The second-order valence-corrected chi connectivity index (χ2v) is 6.76. The monoisotopic (exact) mass is 350 g/mol. The molecular weight excluding hydrogens is 328 g/mol. The number of nitrogens with one attached hydrogen (secondary N) is 2. The van der Waals surface area contributed by atoms with E-state index in [0.717, 1.165) is 42.5 Å². The smallest absolute Gasteiger partial charge is 0.251 e. The maximum absolute atomic E-state index is 12.5. The molecule has 2 atom stereocenters. The van der Waals surface area contributed by atoms with E-state index in [4.69, 9.17) is 9.72 Å². The minimum absolute atomic E-state index is 0.0824. The summed E-state index contributed by atoms with van der Waals surface area (Å²) in [4.78, 5) is 24.8. The van der Waals surface area contributed by atoms with Gasteiger partial charge >= 0.3 is 0 Å². The Balaban J connectivity index is 1.45. The molecule has 26 heavy (non-hydrogen) atoms.